The maximum absolute atomic E-state index is 13.0. The first-order chi connectivity index (χ1) is 14.5. The Bertz CT molecular complexity index is 1230. The lowest BCUT2D eigenvalue weighted by Gasteiger charge is -2.09. The van der Waals surface area contributed by atoms with E-state index in [2.05, 4.69) is 15.6 Å². The van der Waals surface area contributed by atoms with Crippen molar-refractivity contribution in [1.29, 1.82) is 0 Å². The first-order valence-corrected chi connectivity index (χ1v) is 9.71. The molecular weight excluding hydrogens is 376 g/mol. The molecule has 0 saturated heterocycles. The summed E-state index contributed by atoms with van der Waals surface area (Å²) in [5, 5.41) is 5.80. The number of carbonyl (C=O) groups excluding carboxylic acids is 2. The number of nitrogens with one attached hydrogen (secondary N) is 2. The Balaban J connectivity index is 1.62. The van der Waals surface area contributed by atoms with Crippen LogP contribution in [0.1, 0.15) is 37.8 Å². The molecule has 0 fully saturated rings. The van der Waals surface area contributed by atoms with Crippen LogP contribution in [0.3, 0.4) is 0 Å². The highest BCUT2D eigenvalue weighted by molar-refractivity contribution is 6.06. The van der Waals surface area contributed by atoms with Crippen molar-refractivity contribution in [2.75, 3.05) is 5.32 Å². The van der Waals surface area contributed by atoms with Gasteiger partial charge >= 0.3 is 0 Å². The molecule has 150 valence electrons. The summed E-state index contributed by atoms with van der Waals surface area (Å²) in [4.78, 5) is 30.2. The second-order valence-corrected chi connectivity index (χ2v) is 7.11. The fraction of sp³-hybridized carbons (Fsp3) is 0.125. The molecule has 0 aliphatic heterocycles. The minimum absolute atomic E-state index is 0.163. The molecule has 2 aromatic carbocycles. The molecule has 2 amide bonds. The summed E-state index contributed by atoms with van der Waals surface area (Å²) in [5.74, 6) is -0.531. The summed E-state index contributed by atoms with van der Waals surface area (Å²) >= 11 is 0. The molecule has 0 spiro atoms. The van der Waals surface area contributed by atoms with Crippen LogP contribution in [0.15, 0.2) is 72.9 Å². The van der Waals surface area contributed by atoms with Crippen LogP contribution in [0.4, 0.5) is 5.69 Å². The molecule has 0 bridgehead atoms. The van der Waals surface area contributed by atoms with Gasteiger partial charge in [-0.1, -0.05) is 48.5 Å². The standard InChI is InChI=1S/C24H22N4O2/c1-16-9-8-12-19(17(16)2)26-24(30)22-27-21(20-13-6-7-14-28(20)22)23(29)25-15-18-10-4-3-5-11-18/h3-14H,15H2,1-2H3,(H,25,29)(H,26,30). The second kappa shape index (κ2) is 8.21. The van der Waals surface area contributed by atoms with Gasteiger partial charge in [0.1, 0.15) is 0 Å². The Morgan fingerprint density at radius 1 is 0.900 bits per heavy atom. The summed E-state index contributed by atoms with van der Waals surface area (Å²) < 4.78 is 1.64. The normalized spacial score (nSPS) is 10.7. The Hall–Kier alpha value is -3.93. The van der Waals surface area contributed by atoms with Crippen LogP contribution in [-0.2, 0) is 6.54 Å². The van der Waals surface area contributed by atoms with E-state index in [1.54, 1.807) is 22.7 Å². The predicted molar refractivity (Wildman–Crippen MR) is 117 cm³/mol. The maximum Gasteiger partial charge on any atom is 0.292 e. The molecule has 30 heavy (non-hydrogen) atoms. The number of hydrogen-bond donors (Lipinski definition) is 2. The lowest BCUT2D eigenvalue weighted by molar-refractivity contribution is 0.0948. The van der Waals surface area contributed by atoms with Gasteiger partial charge in [0, 0.05) is 18.4 Å². The van der Waals surface area contributed by atoms with Crippen molar-refractivity contribution in [2.45, 2.75) is 20.4 Å². The average molecular weight is 398 g/mol. The molecule has 0 aliphatic rings. The number of fused-ring (bicyclic) bond motifs is 1. The molecular formula is C24H22N4O2. The van der Waals surface area contributed by atoms with Gasteiger partial charge in [-0.2, -0.15) is 0 Å². The number of amides is 2. The van der Waals surface area contributed by atoms with Gasteiger partial charge in [-0.3, -0.25) is 14.0 Å². The molecule has 0 unspecified atom stereocenters. The number of hydrogen-bond acceptors (Lipinski definition) is 3. The highest BCUT2D eigenvalue weighted by Crippen LogP contribution is 2.20. The van der Waals surface area contributed by atoms with E-state index in [9.17, 15) is 9.59 Å². The largest absolute Gasteiger partial charge is 0.347 e. The number of imidazole rings is 1. The average Bonchev–Trinajstić information content (AvgIpc) is 3.16. The first kappa shape index (κ1) is 19.4. The van der Waals surface area contributed by atoms with Crippen molar-refractivity contribution in [2.24, 2.45) is 0 Å². The molecule has 4 aromatic rings. The van der Waals surface area contributed by atoms with E-state index in [1.165, 1.54) is 0 Å². The fourth-order valence-corrected chi connectivity index (χ4v) is 3.29. The molecule has 0 radical (unpaired) electrons. The van der Waals surface area contributed by atoms with Gasteiger partial charge in [-0.05, 0) is 48.7 Å². The topological polar surface area (TPSA) is 75.5 Å². The number of rotatable bonds is 5. The van der Waals surface area contributed by atoms with Crippen LogP contribution in [0.5, 0.6) is 0 Å². The third-order valence-electron chi connectivity index (χ3n) is 5.12. The van der Waals surface area contributed by atoms with Crippen LogP contribution < -0.4 is 10.6 Å². The predicted octanol–water partition coefficient (Wildman–Crippen LogP) is 4.13. The molecule has 4 rings (SSSR count). The molecule has 2 heterocycles. The van der Waals surface area contributed by atoms with Gasteiger partial charge in [-0.15, -0.1) is 0 Å². The summed E-state index contributed by atoms with van der Waals surface area (Å²) in [6.07, 6.45) is 1.73. The maximum atomic E-state index is 13.0. The number of pyridine rings is 1. The summed E-state index contributed by atoms with van der Waals surface area (Å²) in [6, 6.07) is 20.8. The van der Waals surface area contributed by atoms with Gasteiger partial charge in [-0.25, -0.2) is 4.98 Å². The van der Waals surface area contributed by atoms with Crippen LogP contribution in [0.2, 0.25) is 0 Å². The Labute approximate surface area is 174 Å². The fourth-order valence-electron chi connectivity index (χ4n) is 3.29. The van der Waals surface area contributed by atoms with Gasteiger partial charge in [0.05, 0.1) is 5.52 Å². The van der Waals surface area contributed by atoms with Gasteiger partial charge < -0.3 is 10.6 Å². The minimum atomic E-state index is -0.369. The van der Waals surface area contributed by atoms with E-state index < -0.39 is 0 Å². The Morgan fingerprint density at radius 3 is 2.47 bits per heavy atom. The number of aromatic nitrogens is 2. The summed E-state index contributed by atoms with van der Waals surface area (Å²) in [6.45, 7) is 4.33. The highest BCUT2D eigenvalue weighted by Gasteiger charge is 2.21. The van der Waals surface area contributed by atoms with E-state index >= 15 is 0 Å². The van der Waals surface area contributed by atoms with E-state index in [0.29, 0.717) is 12.1 Å². The number of nitrogens with zero attached hydrogens (tertiary/aromatic N) is 2. The molecule has 0 saturated carbocycles. The third kappa shape index (κ3) is 3.80. The van der Waals surface area contributed by atoms with Gasteiger partial charge in [0.15, 0.2) is 5.69 Å². The molecule has 2 aromatic heterocycles. The lowest BCUT2D eigenvalue weighted by atomic mass is 10.1. The smallest absolute Gasteiger partial charge is 0.292 e. The number of anilines is 1. The summed E-state index contributed by atoms with van der Waals surface area (Å²) in [7, 11) is 0. The Morgan fingerprint density at radius 2 is 1.67 bits per heavy atom. The van der Waals surface area contributed by atoms with Crippen LogP contribution >= 0.6 is 0 Å². The number of benzene rings is 2. The van der Waals surface area contributed by atoms with Crippen molar-refractivity contribution in [3.63, 3.8) is 0 Å². The highest BCUT2D eigenvalue weighted by atomic mass is 16.2. The zero-order valence-electron chi connectivity index (χ0n) is 16.8. The molecule has 2 N–H and O–H groups in total. The number of carbonyl (C=O) groups is 2. The molecule has 0 aliphatic carbocycles. The third-order valence-corrected chi connectivity index (χ3v) is 5.12. The van der Waals surface area contributed by atoms with Crippen molar-refractivity contribution in [1.82, 2.24) is 14.7 Å². The monoisotopic (exact) mass is 398 g/mol. The summed E-state index contributed by atoms with van der Waals surface area (Å²) in [5.41, 5.74) is 4.59. The van der Waals surface area contributed by atoms with Crippen molar-refractivity contribution < 1.29 is 9.59 Å². The van der Waals surface area contributed by atoms with Crippen molar-refractivity contribution >= 4 is 23.0 Å². The minimum Gasteiger partial charge on any atom is -0.347 e. The SMILES string of the molecule is Cc1cccc(NC(=O)c2nc(C(=O)NCc3ccccc3)c3ccccn23)c1C. The zero-order chi connectivity index (χ0) is 21.1. The molecule has 0 atom stereocenters. The van der Waals surface area contributed by atoms with E-state index in [0.717, 1.165) is 22.4 Å². The Kier molecular flexibility index (Phi) is 5.30. The van der Waals surface area contributed by atoms with Crippen LogP contribution in [-0.4, -0.2) is 21.2 Å². The van der Waals surface area contributed by atoms with Crippen molar-refractivity contribution in [3.05, 3.63) is 101 Å². The molecule has 6 heteroatoms. The second-order valence-electron chi connectivity index (χ2n) is 7.11. The van der Waals surface area contributed by atoms with Crippen LogP contribution in [0, 0.1) is 13.8 Å². The van der Waals surface area contributed by atoms with E-state index in [-0.39, 0.29) is 23.3 Å². The van der Waals surface area contributed by atoms with Crippen molar-refractivity contribution in [3.8, 4) is 0 Å². The lowest BCUT2D eigenvalue weighted by Crippen LogP contribution is -2.23. The molecule has 6 nitrogen and oxygen atoms in total. The number of aryl methyl sites for hydroxylation is 1. The van der Waals surface area contributed by atoms with E-state index in [1.807, 2.05) is 68.4 Å². The van der Waals surface area contributed by atoms with Gasteiger partial charge in [0.2, 0.25) is 5.82 Å². The quantitative estimate of drug-likeness (QED) is 0.531. The van der Waals surface area contributed by atoms with Crippen LogP contribution in [0.25, 0.3) is 5.52 Å². The van der Waals surface area contributed by atoms with Gasteiger partial charge in [0.25, 0.3) is 11.8 Å². The first-order valence-electron chi connectivity index (χ1n) is 9.71. The zero-order valence-corrected chi connectivity index (χ0v) is 16.8. The van der Waals surface area contributed by atoms with E-state index in [4.69, 9.17) is 0 Å².